The van der Waals surface area contributed by atoms with Crippen LogP contribution >= 0.6 is 0 Å². The van der Waals surface area contributed by atoms with Crippen LogP contribution < -0.4 is 24.8 Å². The van der Waals surface area contributed by atoms with Gasteiger partial charge in [0.15, 0.2) is 11.5 Å². The number of hydrogen-bond donors (Lipinski definition) is 2. The number of nitrogens with one attached hydrogen (secondary N) is 2. The van der Waals surface area contributed by atoms with Gasteiger partial charge in [-0.1, -0.05) is 0 Å². The number of aromatic nitrogens is 1. The monoisotopic (exact) mass is 374 g/mol. The van der Waals surface area contributed by atoms with E-state index in [1.807, 2.05) is 20.2 Å². The third-order valence-electron chi connectivity index (χ3n) is 3.80. The molecule has 0 saturated heterocycles. The van der Waals surface area contributed by atoms with Gasteiger partial charge in [0, 0.05) is 42.8 Å². The maximum atomic E-state index is 12.6. The molecule has 1 heterocycles. The molecule has 1 aromatic carbocycles. The largest absolute Gasteiger partial charge is 0.493 e. The second kappa shape index (κ2) is 9.63. The molecular formula is C19H26N4O4. The van der Waals surface area contributed by atoms with Crippen molar-refractivity contribution in [3.8, 4) is 17.2 Å². The molecular weight excluding hydrogens is 348 g/mol. The number of hydrogen-bond acceptors (Lipinski definition) is 7. The lowest BCUT2D eigenvalue weighted by atomic mass is 10.2. The number of pyridine rings is 1. The van der Waals surface area contributed by atoms with Crippen molar-refractivity contribution in [1.29, 1.82) is 0 Å². The SMILES string of the molecule is COc1cc(NC(=O)c2cc(NCCN(C)C)ccn2)cc(OC)c1OC. The molecule has 2 N–H and O–H groups in total. The van der Waals surface area contributed by atoms with Gasteiger partial charge in [-0.3, -0.25) is 9.78 Å². The van der Waals surface area contributed by atoms with Crippen LogP contribution in [0.5, 0.6) is 17.2 Å². The van der Waals surface area contributed by atoms with Gasteiger partial charge in [-0.05, 0) is 26.2 Å². The summed E-state index contributed by atoms with van der Waals surface area (Å²) in [6.07, 6.45) is 1.60. The molecule has 2 aromatic rings. The number of likely N-dealkylation sites (N-methyl/N-ethyl adjacent to an activating group) is 1. The van der Waals surface area contributed by atoms with Crippen molar-refractivity contribution in [2.75, 3.05) is 59.1 Å². The molecule has 0 aliphatic rings. The molecule has 0 saturated carbocycles. The van der Waals surface area contributed by atoms with E-state index in [1.54, 1.807) is 24.4 Å². The topological polar surface area (TPSA) is 85.0 Å². The Kier molecular flexibility index (Phi) is 7.25. The Bertz CT molecular complexity index is 755. The lowest BCUT2D eigenvalue weighted by Gasteiger charge is -2.15. The van der Waals surface area contributed by atoms with Crippen LogP contribution in [0.4, 0.5) is 11.4 Å². The van der Waals surface area contributed by atoms with E-state index >= 15 is 0 Å². The number of rotatable bonds is 9. The van der Waals surface area contributed by atoms with E-state index < -0.39 is 0 Å². The zero-order valence-corrected chi connectivity index (χ0v) is 16.3. The van der Waals surface area contributed by atoms with E-state index in [0.29, 0.717) is 28.6 Å². The Labute approximate surface area is 159 Å². The number of carbonyl (C=O) groups excluding carboxylic acids is 1. The number of nitrogens with zero attached hydrogens (tertiary/aromatic N) is 2. The summed E-state index contributed by atoms with van der Waals surface area (Å²) in [6, 6.07) is 6.87. The second-order valence-corrected chi connectivity index (χ2v) is 6.03. The van der Waals surface area contributed by atoms with Gasteiger partial charge in [0.1, 0.15) is 5.69 Å². The molecule has 146 valence electrons. The average Bonchev–Trinajstić information content (AvgIpc) is 2.67. The second-order valence-electron chi connectivity index (χ2n) is 6.03. The molecule has 0 spiro atoms. The highest BCUT2D eigenvalue weighted by atomic mass is 16.5. The van der Waals surface area contributed by atoms with E-state index in [1.165, 1.54) is 21.3 Å². The molecule has 0 aliphatic heterocycles. The zero-order valence-electron chi connectivity index (χ0n) is 16.3. The average molecular weight is 374 g/mol. The third kappa shape index (κ3) is 5.49. The molecule has 0 radical (unpaired) electrons. The van der Waals surface area contributed by atoms with E-state index in [0.717, 1.165) is 18.8 Å². The minimum Gasteiger partial charge on any atom is -0.493 e. The van der Waals surface area contributed by atoms with Crippen molar-refractivity contribution in [3.63, 3.8) is 0 Å². The number of anilines is 2. The van der Waals surface area contributed by atoms with Crippen molar-refractivity contribution in [2.45, 2.75) is 0 Å². The van der Waals surface area contributed by atoms with E-state index in [9.17, 15) is 4.79 Å². The van der Waals surface area contributed by atoms with Gasteiger partial charge in [0.2, 0.25) is 5.75 Å². The van der Waals surface area contributed by atoms with Gasteiger partial charge in [-0.15, -0.1) is 0 Å². The molecule has 0 unspecified atom stereocenters. The molecule has 0 bridgehead atoms. The molecule has 2 rings (SSSR count). The van der Waals surface area contributed by atoms with E-state index in [2.05, 4.69) is 20.5 Å². The fraction of sp³-hybridized carbons (Fsp3) is 0.368. The summed E-state index contributed by atoms with van der Waals surface area (Å²) in [5, 5.41) is 6.08. The lowest BCUT2D eigenvalue weighted by Crippen LogP contribution is -2.21. The Hall–Kier alpha value is -3.00. The summed E-state index contributed by atoms with van der Waals surface area (Å²) in [5.41, 5.74) is 1.66. The molecule has 1 amide bonds. The van der Waals surface area contributed by atoms with Crippen molar-refractivity contribution in [1.82, 2.24) is 9.88 Å². The lowest BCUT2D eigenvalue weighted by molar-refractivity contribution is 0.102. The molecule has 1 aromatic heterocycles. The van der Waals surface area contributed by atoms with Gasteiger partial charge in [0.25, 0.3) is 5.91 Å². The van der Waals surface area contributed by atoms with Crippen LogP contribution in [-0.4, -0.2) is 64.3 Å². The van der Waals surface area contributed by atoms with Gasteiger partial charge in [-0.25, -0.2) is 0 Å². The number of methoxy groups -OCH3 is 3. The number of ether oxygens (including phenoxy) is 3. The van der Waals surface area contributed by atoms with Crippen LogP contribution in [-0.2, 0) is 0 Å². The van der Waals surface area contributed by atoms with Crippen LogP contribution in [0.15, 0.2) is 30.5 Å². The molecule has 8 nitrogen and oxygen atoms in total. The van der Waals surface area contributed by atoms with Crippen LogP contribution in [0.25, 0.3) is 0 Å². The first-order valence-corrected chi connectivity index (χ1v) is 8.44. The number of carbonyl (C=O) groups is 1. The van der Waals surface area contributed by atoms with Crippen LogP contribution in [0.3, 0.4) is 0 Å². The van der Waals surface area contributed by atoms with Gasteiger partial charge in [0.05, 0.1) is 21.3 Å². The van der Waals surface area contributed by atoms with Crippen molar-refractivity contribution >= 4 is 17.3 Å². The molecule has 0 fully saturated rings. The summed E-state index contributed by atoms with van der Waals surface area (Å²) < 4.78 is 15.9. The molecule has 27 heavy (non-hydrogen) atoms. The molecule has 8 heteroatoms. The summed E-state index contributed by atoms with van der Waals surface area (Å²) in [5.74, 6) is 1.04. The highest BCUT2D eigenvalue weighted by molar-refractivity contribution is 6.03. The van der Waals surface area contributed by atoms with Crippen LogP contribution in [0, 0.1) is 0 Å². The standard InChI is InChI=1S/C19H26N4O4/c1-23(2)9-8-20-13-6-7-21-15(10-13)19(24)22-14-11-16(25-3)18(27-5)17(12-14)26-4/h6-7,10-12H,8-9H2,1-5H3,(H,20,21)(H,22,24). The Morgan fingerprint density at radius 2 is 1.70 bits per heavy atom. The quantitative estimate of drug-likeness (QED) is 0.697. The highest BCUT2D eigenvalue weighted by Gasteiger charge is 2.15. The van der Waals surface area contributed by atoms with Gasteiger partial charge >= 0.3 is 0 Å². The van der Waals surface area contributed by atoms with Crippen molar-refractivity contribution in [3.05, 3.63) is 36.2 Å². The summed E-state index contributed by atoms with van der Waals surface area (Å²) in [6.45, 7) is 1.65. The first-order chi connectivity index (χ1) is 13.0. The van der Waals surface area contributed by atoms with Crippen LogP contribution in [0.1, 0.15) is 10.5 Å². The maximum Gasteiger partial charge on any atom is 0.274 e. The molecule has 0 atom stereocenters. The maximum absolute atomic E-state index is 12.6. The van der Waals surface area contributed by atoms with Gasteiger partial charge < -0.3 is 29.7 Å². The fourth-order valence-corrected chi connectivity index (χ4v) is 2.44. The normalized spacial score (nSPS) is 10.4. The Morgan fingerprint density at radius 1 is 1.04 bits per heavy atom. The first kappa shape index (κ1) is 20.3. The highest BCUT2D eigenvalue weighted by Crippen LogP contribution is 2.40. The number of benzene rings is 1. The Balaban J connectivity index is 2.15. The van der Waals surface area contributed by atoms with Gasteiger partial charge in [-0.2, -0.15) is 0 Å². The molecule has 0 aliphatic carbocycles. The number of amides is 1. The van der Waals surface area contributed by atoms with Crippen molar-refractivity contribution < 1.29 is 19.0 Å². The minimum atomic E-state index is -0.333. The van der Waals surface area contributed by atoms with E-state index in [4.69, 9.17) is 14.2 Å². The predicted molar refractivity (Wildman–Crippen MR) is 105 cm³/mol. The summed E-state index contributed by atoms with van der Waals surface area (Å²) in [7, 11) is 8.58. The zero-order chi connectivity index (χ0) is 19.8. The van der Waals surface area contributed by atoms with E-state index in [-0.39, 0.29) is 5.91 Å². The Morgan fingerprint density at radius 3 is 2.26 bits per heavy atom. The smallest absolute Gasteiger partial charge is 0.274 e. The third-order valence-corrected chi connectivity index (χ3v) is 3.80. The fourth-order valence-electron chi connectivity index (χ4n) is 2.44. The first-order valence-electron chi connectivity index (χ1n) is 8.44. The van der Waals surface area contributed by atoms with Crippen molar-refractivity contribution in [2.24, 2.45) is 0 Å². The summed E-state index contributed by atoms with van der Waals surface area (Å²) >= 11 is 0. The summed E-state index contributed by atoms with van der Waals surface area (Å²) in [4.78, 5) is 18.8. The minimum absolute atomic E-state index is 0.304. The predicted octanol–water partition coefficient (Wildman–Crippen LogP) is 2.33. The van der Waals surface area contributed by atoms with Crippen LogP contribution in [0.2, 0.25) is 0 Å².